The number of benzene rings is 1. The number of rotatable bonds is 4. The Kier molecular flexibility index (Phi) is 3.36. The molecule has 3 N–H and O–H groups in total. The Labute approximate surface area is 102 Å². The highest BCUT2D eigenvalue weighted by molar-refractivity contribution is 5.93. The van der Waals surface area contributed by atoms with E-state index < -0.39 is 0 Å². The zero-order valence-corrected chi connectivity index (χ0v) is 10.5. The highest BCUT2D eigenvalue weighted by atomic mass is 16.1. The largest absolute Gasteiger partial charge is 0.398 e. The number of nitrogens with two attached hydrogens (primary N) is 1. The molecule has 0 radical (unpaired) electrons. The smallest absolute Gasteiger partial charge is 0.227 e. The van der Waals surface area contributed by atoms with Gasteiger partial charge in [0.25, 0.3) is 0 Å². The fourth-order valence-corrected chi connectivity index (χ4v) is 2.06. The predicted molar refractivity (Wildman–Crippen MR) is 70.8 cm³/mol. The average molecular weight is 232 g/mol. The zero-order valence-electron chi connectivity index (χ0n) is 10.5. The number of carbonyl (C=O) groups excluding carboxylic acids is 1. The fourth-order valence-electron chi connectivity index (χ4n) is 2.06. The van der Waals surface area contributed by atoms with E-state index in [2.05, 4.69) is 12.2 Å². The van der Waals surface area contributed by atoms with Crippen molar-refractivity contribution in [2.45, 2.75) is 33.1 Å². The van der Waals surface area contributed by atoms with E-state index in [1.54, 1.807) is 0 Å². The molecule has 17 heavy (non-hydrogen) atoms. The summed E-state index contributed by atoms with van der Waals surface area (Å²) < 4.78 is 0. The van der Waals surface area contributed by atoms with Crippen LogP contribution in [0.2, 0.25) is 0 Å². The molecular weight excluding hydrogens is 212 g/mol. The third kappa shape index (κ3) is 2.78. The first-order valence-electron chi connectivity index (χ1n) is 6.31. The molecule has 0 bridgehead atoms. The lowest BCUT2D eigenvalue weighted by atomic mass is 10.1. The van der Waals surface area contributed by atoms with E-state index >= 15 is 0 Å². The van der Waals surface area contributed by atoms with Crippen LogP contribution in [0.4, 0.5) is 11.4 Å². The summed E-state index contributed by atoms with van der Waals surface area (Å²) in [6.07, 6.45) is 3.29. The monoisotopic (exact) mass is 232 g/mol. The molecule has 1 saturated carbocycles. The molecule has 1 aromatic carbocycles. The number of nitrogens with one attached hydrogen (secondary N) is 1. The van der Waals surface area contributed by atoms with Crippen molar-refractivity contribution in [2.24, 2.45) is 11.8 Å². The maximum absolute atomic E-state index is 11.9. The van der Waals surface area contributed by atoms with E-state index in [-0.39, 0.29) is 11.8 Å². The normalized spacial score (nSPS) is 16.6. The summed E-state index contributed by atoms with van der Waals surface area (Å²) in [5.74, 6) is 0.806. The SMILES string of the molecule is CCc1ccc(NC(=O)C(C)C2CC2)cc1N. The van der Waals surface area contributed by atoms with Gasteiger partial charge in [0.2, 0.25) is 5.91 Å². The minimum Gasteiger partial charge on any atom is -0.398 e. The van der Waals surface area contributed by atoms with Gasteiger partial charge in [-0.2, -0.15) is 0 Å². The Hall–Kier alpha value is -1.51. The summed E-state index contributed by atoms with van der Waals surface area (Å²) in [5.41, 5.74) is 8.58. The van der Waals surface area contributed by atoms with Gasteiger partial charge in [0.05, 0.1) is 0 Å². The molecule has 3 heteroatoms. The van der Waals surface area contributed by atoms with E-state index in [1.807, 2.05) is 25.1 Å². The maximum Gasteiger partial charge on any atom is 0.227 e. The molecule has 3 nitrogen and oxygen atoms in total. The van der Waals surface area contributed by atoms with E-state index in [4.69, 9.17) is 5.73 Å². The van der Waals surface area contributed by atoms with Crippen LogP contribution in [-0.4, -0.2) is 5.91 Å². The van der Waals surface area contributed by atoms with Crippen LogP contribution >= 0.6 is 0 Å². The number of hydrogen-bond acceptors (Lipinski definition) is 2. The summed E-state index contributed by atoms with van der Waals surface area (Å²) in [7, 11) is 0. The summed E-state index contributed by atoms with van der Waals surface area (Å²) >= 11 is 0. The Morgan fingerprint density at radius 3 is 2.76 bits per heavy atom. The van der Waals surface area contributed by atoms with Crippen molar-refractivity contribution in [2.75, 3.05) is 11.1 Å². The van der Waals surface area contributed by atoms with Crippen LogP contribution in [0.25, 0.3) is 0 Å². The van der Waals surface area contributed by atoms with Crippen LogP contribution in [0.15, 0.2) is 18.2 Å². The van der Waals surface area contributed by atoms with Crippen LogP contribution in [0.3, 0.4) is 0 Å². The molecule has 1 amide bonds. The zero-order chi connectivity index (χ0) is 12.4. The van der Waals surface area contributed by atoms with Crippen LogP contribution in [-0.2, 0) is 11.2 Å². The van der Waals surface area contributed by atoms with Crippen molar-refractivity contribution in [3.63, 3.8) is 0 Å². The highest BCUT2D eigenvalue weighted by Gasteiger charge is 2.32. The van der Waals surface area contributed by atoms with Gasteiger partial charge in [-0.05, 0) is 42.9 Å². The summed E-state index contributed by atoms with van der Waals surface area (Å²) in [4.78, 5) is 11.9. The van der Waals surface area contributed by atoms with Crippen molar-refractivity contribution in [1.82, 2.24) is 0 Å². The van der Waals surface area contributed by atoms with Gasteiger partial charge in [0, 0.05) is 17.3 Å². The van der Waals surface area contributed by atoms with Crippen molar-refractivity contribution in [3.8, 4) is 0 Å². The standard InChI is InChI=1S/C14H20N2O/c1-3-10-6-7-12(8-13(10)15)16-14(17)9(2)11-4-5-11/h6-9,11H,3-5,15H2,1-2H3,(H,16,17). The molecule has 1 fully saturated rings. The molecule has 2 rings (SSSR count). The second kappa shape index (κ2) is 4.78. The average Bonchev–Trinajstić information content (AvgIpc) is 3.12. The lowest BCUT2D eigenvalue weighted by Crippen LogP contribution is -2.21. The number of carbonyl (C=O) groups is 1. The number of nitrogen functional groups attached to an aromatic ring is 1. The van der Waals surface area contributed by atoms with Crippen LogP contribution in [0.5, 0.6) is 0 Å². The molecule has 1 aliphatic rings. The Morgan fingerprint density at radius 1 is 1.53 bits per heavy atom. The summed E-state index contributed by atoms with van der Waals surface area (Å²) in [5, 5.41) is 2.94. The number of anilines is 2. The lowest BCUT2D eigenvalue weighted by molar-refractivity contribution is -0.119. The van der Waals surface area contributed by atoms with E-state index in [0.29, 0.717) is 5.92 Å². The fraction of sp³-hybridized carbons (Fsp3) is 0.500. The van der Waals surface area contributed by atoms with Crippen molar-refractivity contribution in [3.05, 3.63) is 23.8 Å². The molecular formula is C14H20N2O. The molecule has 1 aromatic rings. The molecule has 1 aliphatic carbocycles. The Balaban J connectivity index is 2.02. The lowest BCUT2D eigenvalue weighted by Gasteiger charge is -2.12. The van der Waals surface area contributed by atoms with Gasteiger partial charge in [-0.1, -0.05) is 19.9 Å². The Bertz CT molecular complexity index is 424. The van der Waals surface area contributed by atoms with Gasteiger partial charge in [-0.25, -0.2) is 0 Å². The van der Waals surface area contributed by atoms with E-state index in [1.165, 1.54) is 12.8 Å². The second-order valence-electron chi connectivity index (χ2n) is 4.88. The van der Waals surface area contributed by atoms with Gasteiger partial charge in [-0.3, -0.25) is 4.79 Å². The van der Waals surface area contributed by atoms with Gasteiger partial charge in [0.15, 0.2) is 0 Å². The highest BCUT2D eigenvalue weighted by Crippen LogP contribution is 2.37. The Morgan fingerprint density at radius 2 is 2.24 bits per heavy atom. The van der Waals surface area contributed by atoms with E-state index in [0.717, 1.165) is 23.4 Å². The number of amides is 1. The first kappa shape index (κ1) is 12.0. The summed E-state index contributed by atoms with van der Waals surface area (Å²) in [6.45, 7) is 4.07. The van der Waals surface area contributed by atoms with Crippen LogP contribution in [0.1, 0.15) is 32.3 Å². The predicted octanol–water partition coefficient (Wildman–Crippen LogP) is 2.82. The summed E-state index contributed by atoms with van der Waals surface area (Å²) in [6, 6.07) is 5.75. The molecule has 92 valence electrons. The van der Waals surface area contributed by atoms with E-state index in [9.17, 15) is 4.79 Å². The third-order valence-corrected chi connectivity index (χ3v) is 3.54. The number of hydrogen-bond donors (Lipinski definition) is 2. The topological polar surface area (TPSA) is 55.1 Å². The molecule has 0 heterocycles. The maximum atomic E-state index is 11.9. The number of aryl methyl sites for hydroxylation is 1. The second-order valence-corrected chi connectivity index (χ2v) is 4.88. The first-order valence-corrected chi connectivity index (χ1v) is 6.31. The minimum atomic E-state index is 0.108. The molecule has 1 atom stereocenters. The molecule has 0 aliphatic heterocycles. The quantitative estimate of drug-likeness (QED) is 0.784. The van der Waals surface area contributed by atoms with Gasteiger partial charge < -0.3 is 11.1 Å². The molecule has 0 aromatic heterocycles. The molecule has 1 unspecified atom stereocenters. The van der Waals surface area contributed by atoms with Gasteiger partial charge >= 0.3 is 0 Å². The van der Waals surface area contributed by atoms with Gasteiger partial charge in [0.1, 0.15) is 0 Å². The minimum absolute atomic E-state index is 0.108. The van der Waals surface area contributed by atoms with Crippen molar-refractivity contribution in [1.29, 1.82) is 0 Å². The molecule has 0 spiro atoms. The van der Waals surface area contributed by atoms with Gasteiger partial charge in [-0.15, -0.1) is 0 Å². The molecule has 0 saturated heterocycles. The first-order chi connectivity index (χ1) is 8.11. The van der Waals surface area contributed by atoms with Crippen molar-refractivity contribution >= 4 is 17.3 Å². The van der Waals surface area contributed by atoms with Crippen LogP contribution in [0, 0.1) is 11.8 Å². The third-order valence-electron chi connectivity index (χ3n) is 3.54. The van der Waals surface area contributed by atoms with Crippen LogP contribution < -0.4 is 11.1 Å². The van der Waals surface area contributed by atoms with Crippen molar-refractivity contribution < 1.29 is 4.79 Å².